The van der Waals surface area contributed by atoms with Crippen LogP contribution in [0.1, 0.15) is 16.7 Å². The van der Waals surface area contributed by atoms with Crippen LogP contribution < -0.4 is 5.32 Å². The van der Waals surface area contributed by atoms with E-state index in [0.717, 1.165) is 16.8 Å². The Kier molecular flexibility index (Phi) is 6.83. The lowest BCUT2D eigenvalue weighted by molar-refractivity contribution is -0.129. The minimum absolute atomic E-state index is 0.0507. The van der Waals surface area contributed by atoms with Crippen molar-refractivity contribution in [3.05, 3.63) is 69.2 Å². The molecule has 0 heterocycles. The number of hydrogen-bond donors (Lipinski definition) is 1. The Morgan fingerprint density at radius 3 is 2.58 bits per heavy atom. The molecule has 1 N–H and O–H groups in total. The topological polar surface area (TPSA) is 49.4 Å². The average Bonchev–Trinajstić information content (AvgIpc) is 2.57. The van der Waals surface area contributed by atoms with Gasteiger partial charge in [0.25, 0.3) is 0 Å². The summed E-state index contributed by atoms with van der Waals surface area (Å²) in [6, 6.07) is 10.7. The third kappa shape index (κ3) is 5.35. The van der Waals surface area contributed by atoms with Crippen LogP contribution in [0.4, 0.5) is 5.69 Å². The zero-order valence-electron chi connectivity index (χ0n) is 14.8. The fraction of sp³-hybridized carbons (Fsp3) is 0.200. The van der Waals surface area contributed by atoms with Crippen LogP contribution >= 0.6 is 23.2 Å². The third-order valence-corrected chi connectivity index (χ3v) is 4.57. The molecule has 2 aromatic carbocycles. The maximum Gasteiger partial charge on any atom is 0.246 e. The molecule has 0 unspecified atom stereocenters. The van der Waals surface area contributed by atoms with E-state index in [-0.39, 0.29) is 18.4 Å². The van der Waals surface area contributed by atoms with E-state index < -0.39 is 0 Å². The number of rotatable bonds is 5. The molecule has 136 valence electrons. The maximum atomic E-state index is 12.2. The smallest absolute Gasteiger partial charge is 0.246 e. The van der Waals surface area contributed by atoms with Crippen molar-refractivity contribution in [1.82, 2.24) is 4.90 Å². The standard InChI is InChI=1S/C20H20Cl2N2O2/c1-13-5-4-6-18(14(13)2)23-19(25)12-24(3)20(26)10-8-15-7-9-16(21)11-17(15)22/h4-11H,12H2,1-3H3,(H,23,25)/b10-8+. The van der Waals surface area contributed by atoms with Crippen LogP contribution in [0.5, 0.6) is 0 Å². The summed E-state index contributed by atoms with van der Waals surface area (Å²) < 4.78 is 0. The van der Waals surface area contributed by atoms with Crippen LogP contribution in [-0.2, 0) is 9.59 Å². The largest absolute Gasteiger partial charge is 0.333 e. The number of benzene rings is 2. The predicted molar refractivity (Wildman–Crippen MR) is 108 cm³/mol. The van der Waals surface area contributed by atoms with Crippen molar-refractivity contribution in [2.24, 2.45) is 0 Å². The summed E-state index contributed by atoms with van der Waals surface area (Å²) in [6.45, 7) is 3.87. The van der Waals surface area contributed by atoms with E-state index in [1.165, 1.54) is 11.0 Å². The number of nitrogens with one attached hydrogen (secondary N) is 1. The second kappa shape index (κ2) is 8.88. The molecule has 2 rings (SSSR count). The summed E-state index contributed by atoms with van der Waals surface area (Å²) in [7, 11) is 1.57. The molecule has 0 spiro atoms. The monoisotopic (exact) mass is 390 g/mol. The van der Waals surface area contributed by atoms with Crippen LogP contribution in [0.25, 0.3) is 6.08 Å². The molecular weight excluding hydrogens is 371 g/mol. The molecule has 0 atom stereocenters. The van der Waals surface area contributed by atoms with Crippen molar-refractivity contribution in [2.45, 2.75) is 13.8 Å². The minimum Gasteiger partial charge on any atom is -0.333 e. The number of carbonyl (C=O) groups excluding carboxylic acids is 2. The molecule has 0 radical (unpaired) electrons. The highest BCUT2D eigenvalue weighted by Gasteiger charge is 2.12. The van der Waals surface area contributed by atoms with Crippen LogP contribution in [0.15, 0.2) is 42.5 Å². The second-order valence-corrected chi connectivity index (χ2v) is 6.83. The second-order valence-electron chi connectivity index (χ2n) is 5.99. The van der Waals surface area contributed by atoms with Gasteiger partial charge < -0.3 is 10.2 Å². The highest BCUT2D eigenvalue weighted by molar-refractivity contribution is 6.35. The van der Waals surface area contributed by atoms with Gasteiger partial charge in [-0.25, -0.2) is 0 Å². The normalized spacial score (nSPS) is 10.8. The first-order valence-electron chi connectivity index (χ1n) is 8.02. The quantitative estimate of drug-likeness (QED) is 0.750. The van der Waals surface area contributed by atoms with Gasteiger partial charge in [-0.2, -0.15) is 0 Å². The van der Waals surface area contributed by atoms with E-state index in [4.69, 9.17) is 23.2 Å². The number of nitrogens with zero attached hydrogens (tertiary/aromatic N) is 1. The molecule has 0 bridgehead atoms. The fourth-order valence-electron chi connectivity index (χ4n) is 2.29. The molecule has 0 fully saturated rings. The molecule has 6 heteroatoms. The van der Waals surface area contributed by atoms with Crippen LogP contribution in [0, 0.1) is 13.8 Å². The Balaban J connectivity index is 1.96. The zero-order valence-corrected chi connectivity index (χ0v) is 16.4. The first-order chi connectivity index (χ1) is 12.3. The molecular formula is C20H20Cl2N2O2. The van der Waals surface area contributed by atoms with E-state index in [2.05, 4.69) is 5.32 Å². The van der Waals surface area contributed by atoms with E-state index in [0.29, 0.717) is 15.6 Å². The number of carbonyl (C=O) groups is 2. The van der Waals surface area contributed by atoms with E-state index in [9.17, 15) is 9.59 Å². The number of likely N-dealkylation sites (N-methyl/N-ethyl adjacent to an activating group) is 1. The maximum absolute atomic E-state index is 12.2. The molecule has 0 saturated heterocycles. The molecule has 0 aliphatic heterocycles. The van der Waals surface area contributed by atoms with Crippen LogP contribution in [-0.4, -0.2) is 30.3 Å². The highest BCUT2D eigenvalue weighted by Crippen LogP contribution is 2.22. The van der Waals surface area contributed by atoms with E-state index in [1.807, 2.05) is 32.0 Å². The molecule has 0 aromatic heterocycles. The number of amides is 2. The van der Waals surface area contributed by atoms with Gasteiger partial charge >= 0.3 is 0 Å². The Hall–Kier alpha value is -2.30. The Bertz CT molecular complexity index is 863. The summed E-state index contributed by atoms with van der Waals surface area (Å²) in [5.41, 5.74) is 3.53. The summed E-state index contributed by atoms with van der Waals surface area (Å²) in [4.78, 5) is 25.7. The van der Waals surface area contributed by atoms with Gasteiger partial charge in [-0.3, -0.25) is 9.59 Å². The van der Waals surface area contributed by atoms with Gasteiger partial charge in [0.15, 0.2) is 0 Å². The van der Waals surface area contributed by atoms with Crippen molar-refractivity contribution in [1.29, 1.82) is 0 Å². The van der Waals surface area contributed by atoms with E-state index >= 15 is 0 Å². The van der Waals surface area contributed by atoms with Gasteiger partial charge in [0, 0.05) is 28.9 Å². The molecule has 2 amide bonds. The lowest BCUT2D eigenvalue weighted by Gasteiger charge is -2.16. The molecule has 2 aromatic rings. The Morgan fingerprint density at radius 1 is 1.15 bits per heavy atom. The van der Waals surface area contributed by atoms with E-state index in [1.54, 1.807) is 31.3 Å². The predicted octanol–water partition coefficient (Wildman–Crippen LogP) is 4.72. The Labute approximate surface area is 163 Å². The average molecular weight is 391 g/mol. The van der Waals surface area contributed by atoms with Gasteiger partial charge in [-0.1, -0.05) is 41.4 Å². The first kappa shape index (κ1) is 20.0. The van der Waals surface area contributed by atoms with Gasteiger partial charge in [0.2, 0.25) is 11.8 Å². The molecule has 0 aliphatic carbocycles. The van der Waals surface area contributed by atoms with Crippen LogP contribution in [0.2, 0.25) is 10.0 Å². The van der Waals surface area contributed by atoms with Crippen molar-refractivity contribution >= 4 is 46.8 Å². The van der Waals surface area contributed by atoms with Crippen LogP contribution in [0.3, 0.4) is 0 Å². The summed E-state index contributed by atoms with van der Waals surface area (Å²) in [5.74, 6) is -0.556. The number of hydrogen-bond acceptors (Lipinski definition) is 2. The molecule has 0 aliphatic rings. The number of aryl methyl sites for hydroxylation is 1. The number of anilines is 1. The lowest BCUT2D eigenvalue weighted by Crippen LogP contribution is -2.34. The fourth-order valence-corrected chi connectivity index (χ4v) is 2.77. The van der Waals surface area contributed by atoms with Crippen molar-refractivity contribution in [3.63, 3.8) is 0 Å². The van der Waals surface area contributed by atoms with Gasteiger partial charge in [-0.05, 0) is 54.8 Å². The molecule has 0 saturated carbocycles. The molecule has 26 heavy (non-hydrogen) atoms. The minimum atomic E-state index is -0.299. The first-order valence-corrected chi connectivity index (χ1v) is 8.78. The summed E-state index contributed by atoms with van der Waals surface area (Å²) in [5, 5.41) is 3.82. The zero-order chi connectivity index (χ0) is 19.3. The lowest BCUT2D eigenvalue weighted by atomic mass is 10.1. The van der Waals surface area contributed by atoms with Gasteiger partial charge in [0.1, 0.15) is 0 Å². The summed E-state index contributed by atoms with van der Waals surface area (Å²) >= 11 is 11.9. The van der Waals surface area contributed by atoms with Gasteiger partial charge in [0.05, 0.1) is 6.54 Å². The molecule has 4 nitrogen and oxygen atoms in total. The van der Waals surface area contributed by atoms with Gasteiger partial charge in [-0.15, -0.1) is 0 Å². The third-order valence-electron chi connectivity index (χ3n) is 4.00. The SMILES string of the molecule is Cc1cccc(NC(=O)CN(C)C(=O)/C=C/c2ccc(Cl)cc2Cl)c1C. The number of halogens is 2. The highest BCUT2D eigenvalue weighted by atomic mass is 35.5. The van der Waals surface area contributed by atoms with Crippen molar-refractivity contribution in [2.75, 3.05) is 18.9 Å². The summed E-state index contributed by atoms with van der Waals surface area (Å²) in [6.07, 6.45) is 2.97. The Morgan fingerprint density at radius 2 is 1.88 bits per heavy atom. The van der Waals surface area contributed by atoms with Crippen molar-refractivity contribution < 1.29 is 9.59 Å². The van der Waals surface area contributed by atoms with Crippen molar-refractivity contribution in [3.8, 4) is 0 Å².